The summed E-state index contributed by atoms with van der Waals surface area (Å²) in [5.74, 6) is 0.223. The summed E-state index contributed by atoms with van der Waals surface area (Å²) < 4.78 is 25.0. The van der Waals surface area contributed by atoms with Crippen LogP contribution in [0.15, 0.2) is 0 Å². The van der Waals surface area contributed by atoms with E-state index in [2.05, 4.69) is 5.32 Å². The van der Waals surface area contributed by atoms with Crippen molar-refractivity contribution in [3.05, 3.63) is 0 Å². The van der Waals surface area contributed by atoms with Crippen LogP contribution in [-0.2, 0) is 10.0 Å². The Morgan fingerprint density at radius 3 is 2.20 bits per heavy atom. The molecule has 0 radical (unpaired) electrons. The summed E-state index contributed by atoms with van der Waals surface area (Å²) >= 11 is 0. The van der Waals surface area contributed by atoms with Gasteiger partial charge in [-0.3, -0.25) is 0 Å². The van der Waals surface area contributed by atoms with Gasteiger partial charge in [0.2, 0.25) is 10.0 Å². The van der Waals surface area contributed by atoms with E-state index in [-0.39, 0.29) is 11.2 Å². The van der Waals surface area contributed by atoms with Gasteiger partial charge in [0.05, 0.1) is 5.75 Å². The lowest BCUT2D eigenvalue weighted by Gasteiger charge is -2.26. The number of hydrogen-bond acceptors (Lipinski definition) is 3. The summed E-state index contributed by atoms with van der Waals surface area (Å²) in [4.78, 5) is 0. The van der Waals surface area contributed by atoms with Crippen LogP contribution in [0.25, 0.3) is 0 Å². The molecule has 0 unspecified atom stereocenters. The molecule has 0 spiro atoms. The first kappa shape index (κ1) is 14.9. The van der Waals surface area contributed by atoms with E-state index >= 15 is 0 Å². The molecule has 0 saturated carbocycles. The predicted molar refractivity (Wildman–Crippen MR) is 64.4 cm³/mol. The van der Waals surface area contributed by atoms with Crippen LogP contribution in [-0.4, -0.2) is 45.7 Å². The Morgan fingerprint density at radius 2 is 1.80 bits per heavy atom. The Bertz CT molecular complexity index is 268. The minimum absolute atomic E-state index is 0.00479. The quantitative estimate of drug-likeness (QED) is 0.697. The second kappa shape index (κ2) is 5.82. The van der Waals surface area contributed by atoms with Crippen LogP contribution in [0, 0.1) is 5.41 Å². The highest BCUT2D eigenvalue weighted by atomic mass is 32.2. The topological polar surface area (TPSA) is 49.4 Å². The third kappa shape index (κ3) is 6.87. The standard InChI is InChI=1S/C10H24N2O2S/c1-10(2,3)9-12(5)15(13,14)8-6-7-11-4/h11H,6-9H2,1-5H3. The third-order valence-electron chi connectivity index (χ3n) is 2.00. The fraction of sp³-hybridized carbons (Fsp3) is 1.00. The fourth-order valence-corrected chi connectivity index (χ4v) is 2.76. The summed E-state index contributed by atoms with van der Waals surface area (Å²) in [6.45, 7) is 7.41. The highest BCUT2D eigenvalue weighted by molar-refractivity contribution is 7.89. The molecule has 0 aromatic carbocycles. The number of nitrogens with zero attached hydrogens (tertiary/aromatic N) is 1. The van der Waals surface area contributed by atoms with E-state index in [9.17, 15) is 8.42 Å². The smallest absolute Gasteiger partial charge is 0.213 e. The van der Waals surface area contributed by atoms with E-state index in [1.807, 2.05) is 27.8 Å². The summed E-state index contributed by atoms with van der Waals surface area (Å²) in [5, 5.41) is 2.94. The van der Waals surface area contributed by atoms with Crippen LogP contribution in [0.1, 0.15) is 27.2 Å². The van der Waals surface area contributed by atoms with Gasteiger partial charge in [-0.25, -0.2) is 12.7 Å². The number of sulfonamides is 1. The van der Waals surface area contributed by atoms with Crippen molar-refractivity contribution in [1.29, 1.82) is 0 Å². The van der Waals surface area contributed by atoms with Gasteiger partial charge in [-0.1, -0.05) is 20.8 Å². The van der Waals surface area contributed by atoms with Gasteiger partial charge >= 0.3 is 0 Å². The molecule has 0 bridgehead atoms. The van der Waals surface area contributed by atoms with Crippen molar-refractivity contribution in [2.75, 3.05) is 32.9 Å². The number of nitrogens with one attached hydrogen (secondary N) is 1. The fourth-order valence-electron chi connectivity index (χ4n) is 1.35. The average Bonchev–Trinajstić information content (AvgIpc) is 2.01. The van der Waals surface area contributed by atoms with Gasteiger partial charge in [-0.15, -0.1) is 0 Å². The van der Waals surface area contributed by atoms with Gasteiger partial charge in [0, 0.05) is 13.6 Å². The van der Waals surface area contributed by atoms with Gasteiger partial charge in [0.1, 0.15) is 0 Å². The molecule has 0 amide bonds. The van der Waals surface area contributed by atoms with Crippen LogP contribution in [0.4, 0.5) is 0 Å². The van der Waals surface area contributed by atoms with Crippen molar-refractivity contribution in [2.45, 2.75) is 27.2 Å². The molecule has 1 N–H and O–H groups in total. The maximum atomic E-state index is 11.8. The third-order valence-corrected chi connectivity index (χ3v) is 3.88. The highest BCUT2D eigenvalue weighted by Crippen LogP contribution is 2.16. The summed E-state index contributed by atoms with van der Waals surface area (Å²) in [6.07, 6.45) is 0.660. The Labute approximate surface area is 94.1 Å². The van der Waals surface area contributed by atoms with E-state index in [1.54, 1.807) is 7.05 Å². The zero-order chi connectivity index (χ0) is 12.1. The minimum Gasteiger partial charge on any atom is -0.320 e. The molecule has 4 nitrogen and oxygen atoms in total. The van der Waals surface area contributed by atoms with Crippen molar-refractivity contribution in [1.82, 2.24) is 9.62 Å². The summed E-state index contributed by atoms with van der Waals surface area (Å²) in [6, 6.07) is 0. The molecule has 0 saturated heterocycles. The van der Waals surface area contributed by atoms with Gasteiger partial charge in [0.15, 0.2) is 0 Å². The van der Waals surface area contributed by atoms with Gasteiger partial charge in [-0.05, 0) is 25.4 Å². The molecule has 15 heavy (non-hydrogen) atoms. The van der Waals surface area contributed by atoms with Crippen molar-refractivity contribution in [3.63, 3.8) is 0 Å². The lowest BCUT2D eigenvalue weighted by Crippen LogP contribution is -2.36. The SMILES string of the molecule is CNCCCS(=O)(=O)N(C)CC(C)(C)C. The van der Waals surface area contributed by atoms with Crippen molar-refractivity contribution < 1.29 is 8.42 Å². The molecule has 0 aromatic heterocycles. The molecule has 0 heterocycles. The van der Waals surface area contributed by atoms with Gasteiger partial charge in [0.25, 0.3) is 0 Å². The molecule has 0 aliphatic heterocycles. The van der Waals surface area contributed by atoms with Crippen molar-refractivity contribution in [3.8, 4) is 0 Å². The van der Waals surface area contributed by atoms with E-state index < -0.39 is 10.0 Å². The molecule has 0 aliphatic carbocycles. The first-order valence-electron chi connectivity index (χ1n) is 5.28. The Kier molecular flexibility index (Phi) is 5.77. The normalized spacial score (nSPS) is 13.5. The largest absolute Gasteiger partial charge is 0.320 e. The van der Waals surface area contributed by atoms with E-state index in [1.165, 1.54) is 4.31 Å². The molecule has 0 fully saturated rings. The Balaban J connectivity index is 4.21. The molecular formula is C10H24N2O2S. The number of hydrogen-bond donors (Lipinski definition) is 1. The maximum Gasteiger partial charge on any atom is 0.213 e. The summed E-state index contributed by atoms with van der Waals surface area (Å²) in [7, 11) is 0.405. The lowest BCUT2D eigenvalue weighted by atomic mass is 9.97. The first-order chi connectivity index (χ1) is 6.69. The van der Waals surface area contributed by atoms with Gasteiger partial charge < -0.3 is 5.32 Å². The van der Waals surface area contributed by atoms with Crippen molar-refractivity contribution >= 4 is 10.0 Å². The molecule has 0 aromatic rings. The molecule has 0 rings (SSSR count). The highest BCUT2D eigenvalue weighted by Gasteiger charge is 2.22. The molecule has 92 valence electrons. The molecule has 0 aliphatic rings. The number of rotatable bonds is 6. The minimum atomic E-state index is -3.07. The second-order valence-electron chi connectivity index (χ2n) is 5.09. The average molecular weight is 236 g/mol. The van der Waals surface area contributed by atoms with Crippen LogP contribution >= 0.6 is 0 Å². The van der Waals surface area contributed by atoms with Crippen LogP contribution < -0.4 is 5.32 Å². The first-order valence-corrected chi connectivity index (χ1v) is 6.88. The van der Waals surface area contributed by atoms with E-state index in [0.29, 0.717) is 13.0 Å². The van der Waals surface area contributed by atoms with Crippen LogP contribution in [0.5, 0.6) is 0 Å². The van der Waals surface area contributed by atoms with E-state index in [0.717, 1.165) is 6.54 Å². The van der Waals surface area contributed by atoms with Gasteiger partial charge in [-0.2, -0.15) is 0 Å². The predicted octanol–water partition coefficient (Wildman–Crippen LogP) is 0.904. The summed E-state index contributed by atoms with van der Waals surface area (Å²) in [5.41, 5.74) is 0.00479. The molecule has 0 atom stereocenters. The zero-order valence-corrected chi connectivity index (χ0v) is 11.3. The second-order valence-corrected chi connectivity index (χ2v) is 7.29. The zero-order valence-electron chi connectivity index (χ0n) is 10.5. The monoisotopic (exact) mass is 236 g/mol. The van der Waals surface area contributed by atoms with E-state index in [4.69, 9.17) is 0 Å². The molecule has 5 heteroatoms. The molecular weight excluding hydrogens is 212 g/mol. The maximum absolute atomic E-state index is 11.8. The Morgan fingerprint density at radius 1 is 1.27 bits per heavy atom. The van der Waals surface area contributed by atoms with Crippen molar-refractivity contribution in [2.24, 2.45) is 5.41 Å². The van der Waals surface area contributed by atoms with Crippen LogP contribution in [0.3, 0.4) is 0 Å². The Hall–Kier alpha value is -0.130. The lowest BCUT2D eigenvalue weighted by molar-refractivity contribution is 0.310. The van der Waals surface area contributed by atoms with Crippen LogP contribution in [0.2, 0.25) is 0 Å².